The first-order valence-electron chi connectivity index (χ1n) is 20.5. The van der Waals surface area contributed by atoms with Crippen molar-refractivity contribution in [2.75, 3.05) is 0 Å². The first kappa shape index (κ1) is 35.4. The van der Waals surface area contributed by atoms with Crippen molar-refractivity contribution in [1.29, 1.82) is 0 Å². The van der Waals surface area contributed by atoms with Crippen LogP contribution < -0.4 is 0 Å². The molecular formula is C55H33N5O2. The normalized spacial score (nSPS) is 11.5. The first-order valence-corrected chi connectivity index (χ1v) is 20.5. The van der Waals surface area contributed by atoms with Crippen LogP contribution in [-0.4, -0.2) is 24.9 Å². The minimum atomic E-state index is 0.564. The zero-order chi connectivity index (χ0) is 41.0. The van der Waals surface area contributed by atoms with E-state index in [2.05, 4.69) is 91.0 Å². The summed E-state index contributed by atoms with van der Waals surface area (Å²) in [5.41, 5.74) is 13.3. The van der Waals surface area contributed by atoms with Gasteiger partial charge in [-0.1, -0.05) is 170 Å². The Morgan fingerprint density at radius 1 is 0.290 bits per heavy atom. The molecule has 0 aliphatic carbocycles. The molecule has 8 aromatic carbocycles. The predicted molar refractivity (Wildman–Crippen MR) is 248 cm³/mol. The lowest BCUT2D eigenvalue weighted by Gasteiger charge is -2.10. The highest BCUT2D eigenvalue weighted by molar-refractivity contribution is 6.13. The van der Waals surface area contributed by atoms with Crippen molar-refractivity contribution in [3.63, 3.8) is 0 Å². The third-order valence-corrected chi connectivity index (χ3v) is 11.4. The molecule has 7 nitrogen and oxygen atoms in total. The number of benzene rings is 8. The number of fused-ring (bicyclic) bond motifs is 6. The molecule has 0 unspecified atom stereocenters. The Bertz CT molecular complexity index is 3610. The van der Waals surface area contributed by atoms with Gasteiger partial charge >= 0.3 is 0 Å². The highest BCUT2D eigenvalue weighted by atomic mass is 16.3. The summed E-state index contributed by atoms with van der Waals surface area (Å²) in [6, 6.07) is 67.7. The van der Waals surface area contributed by atoms with E-state index in [9.17, 15) is 0 Å². The van der Waals surface area contributed by atoms with E-state index in [-0.39, 0.29) is 0 Å². The van der Waals surface area contributed by atoms with E-state index in [1.807, 2.05) is 109 Å². The minimum Gasteiger partial charge on any atom is -0.456 e. The molecular weight excluding hydrogens is 763 g/mol. The van der Waals surface area contributed by atoms with Crippen LogP contribution in [0.1, 0.15) is 0 Å². The van der Waals surface area contributed by atoms with Gasteiger partial charge in [-0.3, -0.25) is 0 Å². The van der Waals surface area contributed by atoms with Gasteiger partial charge in [-0.05, 0) is 52.6 Å². The molecule has 0 amide bonds. The second-order valence-corrected chi connectivity index (χ2v) is 15.2. The molecule has 12 aromatic rings. The molecule has 62 heavy (non-hydrogen) atoms. The van der Waals surface area contributed by atoms with Crippen molar-refractivity contribution in [1.82, 2.24) is 24.9 Å². The van der Waals surface area contributed by atoms with E-state index in [1.165, 1.54) is 0 Å². The van der Waals surface area contributed by atoms with E-state index in [0.717, 1.165) is 94.2 Å². The summed E-state index contributed by atoms with van der Waals surface area (Å²) in [7, 11) is 0. The molecule has 0 N–H and O–H groups in total. The van der Waals surface area contributed by atoms with E-state index >= 15 is 0 Å². The van der Waals surface area contributed by atoms with Crippen molar-refractivity contribution >= 4 is 44.0 Å². The highest BCUT2D eigenvalue weighted by Crippen LogP contribution is 2.41. The lowest BCUT2D eigenvalue weighted by atomic mass is 9.99. The second kappa shape index (κ2) is 14.6. The average molecular weight is 796 g/mol. The summed E-state index contributed by atoms with van der Waals surface area (Å²) in [5, 5.41) is 2.80. The zero-order valence-electron chi connectivity index (χ0n) is 33.1. The summed E-state index contributed by atoms with van der Waals surface area (Å²) >= 11 is 0. The largest absolute Gasteiger partial charge is 0.456 e. The molecule has 0 saturated heterocycles. The van der Waals surface area contributed by atoms with Crippen LogP contribution in [0.25, 0.3) is 123 Å². The van der Waals surface area contributed by atoms with Gasteiger partial charge in [0, 0.05) is 44.0 Å². The van der Waals surface area contributed by atoms with Crippen molar-refractivity contribution in [3.05, 3.63) is 200 Å². The van der Waals surface area contributed by atoms with Crippen LogP contribution >= 0.6 is 0 Å². The minimum absolute atomic E-state index is 0.564. The van der Waals surface area contributed by atoms with Gasteiger partial charge in [0.1, 0.15) is 28.0 Å². The fourth-order valence-electron chi connectivity index (χ4n) is 8.31. The van der Waals surface area contributed by atoms with Gasteiger partial charge in [-0.2, -0.15) is 0 Å². The summed E-state index contributed by atoms with van der Waals surface area (Å²) in [5.74, 6) is 2.40. The lowest BCUT2D eigenvalue weighted by molar-refractivity contribution is 0.667. The van der Waals surface area contributed by atoms with Gasteiger partial charge in [0.25, 0.3) is 0 Å². The van der Waals surface area contributed by atoms with E-state index < -0.39 is 0 Å². The topological polar surface area (TPSA) is 90.7 Å². The van der Waals surface area contributed by atoms with Crippen LogP contribution in [0, 0.1) is 0 Å². The third-order valence-electron chi connectivity index (χ3n) is 11.4. The Balaban J connectivity index is 1.00. The Hall–Kier alpha value is -8.55. The van der Waals surface area contributed by atoms with Crippen LogP contribution in [0.5, 0.6) is 0 Å². The van der Waals surface area contributed by atoms with Crippen molar-refractivity contribution in [2.24, 2.45) is 0 Å². The molecule has 0 atom stereocenters. The monoisotopic (exact) mass is 795 g/mol. The Labute approximate surface area is 355 Å². The maximum Gasteiger partial charge on any atom is 0.180 e. The van der Waals surface area contributed by atoms with Gasteiger partial charge in [-0.15, -0.1) is 0 Å². The maximum absolute atomic E-state index is 6.55. The van der Waals surface area contributed by atoms with Gasteiger partial charge in [0.05, 0.1) is 0 Å². The number of nitrogens with zero attached hydrogens (tertiary/aromatic N) is 5. The van der Waals surface area contributed by atoms with Crippen molar-refractivity contribution in [3.8, 4) is 79.1 Å². The van der Waals surface area contributed by atoms with Gasteiger partial charge < -0.3 is 8.83 Å². The van der Waals surface area contributed by atoms with Crippen LogP contribution in [0.3, 0.4) is 0 Å². The van der Waals surface area contributed by atoms with E-state index in [1.54, 1.807) is 0 Å². The van der Waals surface area contributed by atoms with Crippen LogP contribution in [0.2, 0.25) is 0 Å². The molecule has 0 aliphatic heterocycles. The molecule has 4 heterocycles. The third kappa shape index (κ3) is 6.19. The summed E-state index contributed by atoms with van der Waals surface area (Å²) in [6.45, 7) is 0. The van der Waals surface area contributed by atoms with Gasteiger partial charge in [-0.25, -0.2) is 24.9 Å². The van der Waals surface area contributed by atoms with E-state index in [4.69, 9.17) is 33.8 Å². The highest BCUT2D eigenvalue weighted by Gasteiger charge is 2.21. The molecule has 12 rings (SSSR count). The Kier molecular flexibility index (Phi) is 8.35. The van der Waals surface area contributed by atoms with Crippen LogP contribution in [0.4, 0.5) is 0 Å². The standard InChI is InChI=1S/C55H33N5O2/c1-5-14-34(15-6-1)35-24-26-39(27-25-35)54-58-53(38-20-11-4-12-21-38)59-55(60-54)42-22-13-23-47-48(42)43-32-40(28-30-45(43)61-47)41-29-31-46-44(33-41)50-51(62-46)49(36-16-7-2-8-17-36)56-52(57-50)37-18-9-3-10-19-37/h1-33H. The van der Waals surface area contributed by atoms with Crippen molar-refractivity contribution in [2.45, 2.75) is 0 Å². The molecule has 0 aliphatic rings. The summed E-state index contributed by atoms with van der Waals surface area (Å²) < 4.78 is 13.1. The Morgan fingerprint density at radius 2 is 0.758 bits per heavy atom. The number of furan rings is 2. The number of hydrogen-bond donors (Lipinski definition) is 0. The van der Waals surface area contributed by atoms with Crippen LogP contribution in [0.15, 0.2) is 209 Å². The van der Waals surface area contributed by atoms with Gasteiger partial charge in [0.15, 0.2) is 28.9 Å². The molecule has 7 heteroatoms. The first-order chi connectivity index (χ1) is 30.7. The predicted octanol–water partition coefficient (Wildman–Crippen LogP) is 14.1. The number of hydrogen-bond acceptors (Lipinski definition) is 7. The molecule has 4 aromatic heterocycles. The summed E-state index contributed by atoms with van der Waals surface area (Å²) in [4.78, 5) is 25.4. The second-order valence-electron chi connectivity index (χ2n) is 15.2. The quantitative estimate of drug-likeness (QED) is 0.159. The molecule has 0 fully saturated rings. The fourth-order valence-corrected chi connectivity index (χ4v) is 8.31. The molecule has 0 saturated carbocycles. The zero-order valence-corrected chi connectivity index (χ0v) is 33.1. The molecule has 0 bridgehead atoms. The van der Waals surface area contributed by atoms with Crippen LogP contribution in [-0.2, 0) is 0 Å². The summed E-state index contributed by atoms with van der Waals surface area (Å²) in [6.07, 6.45) is 0. The molecule has 0 spiro atoms. The molecule has 0 radical (unpaired) electrons. The van der Waals surface area contributed by atoms with Crippen molar-refractivity contribution < 1.29 is 8.83 Å². The lowest BCUT2D eigenvalue weighted by Crippen LogP contribution is -2.00. The maximum atomic E-state index is 6.55. The smallest absolute Gasteiger partial charge is 0.180 e. The van der Waals surface area contributed by atoms with E-state index in [0.29, 0.717) is 28.9 Å². The fraction of sp³-hybridized carbons (Fsp3) is 0. The molecule has 290 valence electrons. The van der Waals surface area contributed by atoms with Gasteiger partial charge in [0.2, 0.25) is 0 Å². The Morgan fingerprint density at radius 3 is 1.39 bits per heavy atom. The number of rotatable bonds is 7. The SMILES string of the molecule is c1ccc(-c2ccc(-c3nc(-c4ccccc4)nc(-c4cccc5oc6ccc(-c7ccc8oc9c(-c%10ccccc%10)nc(-c%10ccccc%10)nc9c8c7)cc6c45)n3)cc2)cc1. The number of aromatic nitrogens is 5. The average Bonchev–Trinajstić information content (AvgIpc) is 3.92.